The Morgan fingerprint density at radius 3 is 2.76 bits per heavy atom. The molecule has 7 heteroatoms. The number of rotatable bonds is 4. The first kappa shape index (κ1) is 12.8. The largest absolute Gasteiger partial charge is 0.469 e. The van der Waals surface area contributed by atoms with E-state index in [1.165, 1.54) is 11.4 Å². The average molecular weight is 263 g/mol. The second-order valence-electron chi connectivity index (χ2n) is 4.38. The van der Waals surface area contributed by atoms with Crippen molar-refractivity contribution in [1.82, 2.24) is 4.31 Å². The number of sulfonamides is 1. The minimum Gasteiger partial charge on any atom is -0.469 e. The average Bonchev–Trinajstić information content (AvgIpc) is 3.13. The molecular weight excluding hydrogens is 246 g/mol. The third-order valence-corrected chi connectivity index (χ3v) is 5.39. The Bertz CT molecular complexity index is 390. The first-order valence-corrected chi connectivity index (χ1v) is 7.21. The van der Waals surface area contributed by atoms with Gasteiger partial charge in [-0.1, -0.05) is 0 Å². The molecule has 2 aliphatic rings. The van der Waals surface area contributed by atoms with Crippen molar-refractivity contribution in [3.8, 4) is 0 Å². The van der Waals surface area contributed by atoms with Crippen LogP contribution in [0, 0.1) is 0 Å². The summed E-state index contributed by atoms with van der Waals surface area (Å²) >= 11 is 0. The lowest BCUT2D eigenvalue weighted by molar-refractivity contribution is -0.145. The number of carbonyl (C=O) groups is 1. The zero-order chi connectivity index (χ0) is 12.5. The number of carbonyl (C=O) groups excluding carboxylic acids is 1. The van der Waals surface area contributed by atoms with E-state index in [2.05, 4.69) is 4.74 Å². The molecule has 1 unspecified atom stereocenters. The summed E-state index contributed by atoms with van der Waals surface area (Å²) in [5.41, 5.74) is 0. The third-order valence-electron chi connectivity index (χ3n) is 3.03. The fourth-order valence-electron chi connectivity index (χ4n) is 1.89. The van der Waals surface area contributed by atoms with Crippen LogP contribution in [0.4, 0.5) is 0 Å². The molecule has 98 valence electrons. The summed E-state index contributed by atoms with van der Waals surface area (Å²) in [5, 5.41) is -0.209. The van der Waals surface area contributed by atoms with E-state index in [-0.39, 0.29) is 30.3 Å². The Balaban J connectivity index is 1.95. The normalized spacial score (nSPS) is 26.8. The van der Waals surface area contributed by atoms with Gasteiger partial charge in [0.1, 0.15) is 0 Å². The Morgan fingerprint density at radius 2 is 2.18 bits per heavy atom. The van der Waals surface area contributed by atoms with Crippen molar-refractivity contribution in [2.75, 3.05) is 26.8 Å². The van der Waals surface area contributed by atoms with Gasteiger partial charge in [0, 0.05) is 13.1 Å². The topological polar surface area (TPSA) is 72.9 Å². The third kappa shape index (κ3) is 2.97. The van der Waals surface area contributed by atoms with E-state index in [1.54, 1.807) is 0 Å². The van der Waals surface area contributed by atoms with Crippen LogP contribution in [0.25, 0.3) is 0 Å². The standard InChI is InChI=1S/C10H17NO5S/c1-15-10(12)6-8-7-11(4-5-16-8)17(13,14)9-2-3-9/h8-9H,2-7H2,1H3. The quantitative estimate of drug-likeness (QED) is 0.654. The number of nitrogens with zero attached hydrogens (tertiary/aromatic N) is 1. The molecule has 0 radical (unpaired) electrons. The molecular formula is C10H17NO5S. The summed E-state index contributed by atoms with van der Waals surface area (Å²) in [4.78, 5) is 11.1. The van der Waals surface area contributed by atoms with Gasteiger partial charge in [-0.25, -0.2) is 8.42 Å². The van der Waals surface area contributed by atoms with Crippen LogP contribution in [-0.2, 0) is 24.3 Å². The maximum atomic E-state index is 12.0. The molecule has 0 aromatic rings. The Labute approximate surface area is 101 Å². The second kappa shape index (κ2) is 4.91. The van der Waals surface area contributed by atoms with Crippen LogP contribution in [0.15, 0.2) is 0 Å². The SMILES string of the molecule is COC(=O)CC1CN(S(=O)(=O)C2CC2)CCO1. The van der Waals surface area contributed by atoms with Gasteiger partial charge in [-0.2, -0.15) is 4.31 Å². The van der Waals surface area contributed by atoms with Crippen LogP contribution in [0.5, 0.6) is 0 Å². The molecule has 0 N–H and O–H groups in total. The molecule has 0 spiro atoms. The summed E-state index contributed by atoms with van der Waals surface area (Å²) < 4.78 is 35.4. The fourth-order valence-corrected chi connectivity index (χ4v) is 3.75. The maximum Gasteiger partial charge on any atom is 0.308 e. The van der Waals surface area contributed by atoms with Gasteiger partial charge in [0.2, 0.25) is 10.0 Å². The predicted molar refractivity (Wildman–Crippen MR) is 59.9 cm³/mol. The van der Waals surface area contributed by atoms with E-state index in [1.807, 2.05) is 0 Å². The number of morpholine rings is 1. The minimum atomic E-state index is -3.16. The van der Waals surface area contributed by atoms with E-state index < -0.39 is 10.0 Å². The molecule has 6 nitrogen and oxygen atoms in total. The molecule has 0 bridgehead atoms. The molecule has 1 aliphatic heterocycles. The van der Waals surface area contributed by atoms with Crippen molar-refractivity contribution in [1.29, 1.82) is 0 Å². The molecule has 1 aliphatic carbocycles. The summed E-state index contributed by atoms with van der Waals surface area (Å²) in [5.74, 6) is -0.374. The number of methoxy groups -OCH3 is 1. The highest BCUT2D eigenvalue weighted by atomic mass is 32.2. The Kier molecular flexibility index (Phi) is 3.70. The number of esters is 1. The molecule has 1 saturated heterocycles. The lowest BCUT2D eigenvalue weighted by Crippen LogP contribution is -2.47. The highest BCUT2D eigenvalue weighted by molar-refractivity contribution is 7.90. The van der Waals surface area contributed by atoms with Crippen molar-refractivity contribution >= 4 is 16.0 Å². The molecule has 0 aromatic heterocycles. The monoisotopic (exact) mass is 263 g/mol. The van der Waals surface area contributed by atoms with Gasteiger partial charge < -0.3 is 9.47 Å². The smallest absolute Gasteiger partial charge is 0.308 e. The Hall–Kier alpha value is -0.660. The van der Waals surface area contributed by atoms with Crippen molar-refractivity contribution < 1.29 is 22.7 Å². The van der Waals surface area contributed by atoms with Crippen molar-refractivity contribution in [3.05, 3.63) is 0 Å². The van der Waals surface area contributed by atoms with Gasteiger partial charge in [-0.05, 0) is 12.8 Å². The zero-order valence-electron chi connectivity index (χ0n) is 9.79. The fraction of sp³-hybridized carbons (Fsp3) is 0.900. The van der Waals surface area contributed by atoms with Crippen LogP contribution in [-0.4, -0.2) is 56.9 Å². The van der Waals surface area contributed by atoms with Crippen LogP contribution >= 0.6 is 0 Å². The van der Waals surface area contributed by atoms with Crippen LogP contribution in [0.2, 0.25) is 0 Å². The molecule has 0 amide bonds. The van der Waals surface area contributed by atoms with Gasteiger partial charge in [-0.15, -0.1) is 0 Å². The molecule has 0 aromatic carbocycles. The van der Waals surface area contributed by atoms with Gasteiger partial charge in [0.15, 0.2) is 0 Å². The molecule has 1 atom stereocenters. The van der Waals surface area contributed by atoms with E-state index in [0.29, 0.717) is 13.2 Å². The summed E-state index contributed by atoms with van der Waals surface area (Å²) in [6.45, 7) is 0.984. The highest BCUT2D eigenvalue weighted by Gasteiger charge is 2.42. The molecule has 17 heavy (non-hydrogen) atoms. The van der Waals surface area contributed by atoms with E-state index >= 15 is 0 Å². The van der Waals surface area contributed by atoms with E-state index in [9.17, 15) is 13.2 Å². The maximum absolute atomic E-state index is 12.0. The number of hydrogen-bond donors (Lipinski definition) is 0. The van der Waals surface area contributed by atoms with Crippen LogP contribution < -0.4 is 0 Å². The lowest BCUT2D eigenvalue weighted by atomic mass is 10.2. The molecule has 2 fully saturated rings. The van der Waals surface area contributed by atoms with Crippen LogP contribution in [0.3, 0.4) is 0 Å². The first-order chi connectivity index (χ1) is 8.04. The van der Waals surface area contributed by atoms with Crippen LogP contribution in [0.1, 0.15) is 19.3 Å². The Morgan fingerprint density at radius 1 is 1.47 bits per heavy atom. The summed E-state index contributed by atoms with van der Waals surface area (Å²) in [6.07, 6.45) is 1.22. The molecule has 1 saturated carbocycles. The predicted octanol–water partition coefficient (Wildman–Crippen LogP) is -0.258. The van der Waals surface area contributed by atoms with Gasteiger partial charge in [0.25, 0.3) is 0 Å². The summed E-state index contributed by atoms with van der Waals surface area (Å²) in [7, 11) is -1.85. The summed E-state index contributed by atoms with van der Waals surface area (Å²) in [6, 6.07) is 0. The molecule has 2 rings (SSSR count). The van der Waals surface area contributed by atoms with E-state index in [4.69, 9.17) is 4.74 Å². The number of ether oxygens (including phenoxy) is 2. The zero-order valence-corrected chi connectivity index (χ0v) is 10.6. The van der Waals surface area contributed by atoms with Crippen molar-refractivity contribution in [2.45, 2.75) is 30.6 Å². The van der Waals surface area contributed by atoms with E-state index in [0.717, 1.165) is 12.8 Å². The van der Waals surface area contributed by atoms with Gasteiger partial charge in [0.05, 0.1) is 31.5 Å². The molecule has 1 heterocycles. The minimum absolute atomic E-state index is 0.104. The lowest BCUT2D eigenvalue weighted by Gasteiger charge is -2.31. The van der Waals surface area contributed by atoms with Crippen molar-refractivity contribution in [3.63, 3.8) is 0 Å². The van der Waals surface area contributed by atoms with Gasteiger partial charge in [-0.3, -0.25) is 4.79 Å². The highest BCUT2D eigenvalue weighted by Crippen LogP contribution is 2.31. The second-order valence-corrected chi connectivity index (χ2v) is 6.59. The van der Waals surface area contributed by atoms with Crippen molar-refractivity contribution in [2.24, 2.45) is 0 Å². The first-order valence-electron chi connectivity index (χ1n) is 5.71. The number of hydrogen-bond acceptors (Lipinski definition) is 5. The van der Waals surface area contributed by atoms with Gasteiger partial charge >= 0.3 is 5.97 Å².